The van der Waals surface area contributed by atoms with Crippen LogP contribution in [0.2, 0.25) is 0 Å². The van der Waals surface area contributed by atoms with Gasteiger partial charge in [-0.1, -0.05) is 24.3 Å². The summed E-state index contributed by atoms with van der Waals surface area (Å²) in [7, 11) is 0. The van der Waals surface area contributed by atoms with Gasteiger partial charge < -0.3 is 5.32 Å². The Labute approximate surface area is 123 Å². The second-order valence-corrected chi connectivity index (χ2v) is 4.70. The van der Waals surface area contributed by atoms with Crippen molar-refractivity contribution in [1.29, 1.82) is 5.26 Å². The van der Waals surface area contributed by atoms with Gasteiger partial charge in [0.2, 0.25) is 0 Å². The Morgan fingerprint density at radius 2 is 2.05 bits per heavy atom. The Hall–Kier alpha value is -2.87. The predicted molar refractivity (Wildman–Crippen MR) is 81.2 cm³/mol. The van der Waals surface area contributed by atoms with E-state index in [1.165, 1.54) is 23.3 Å². The van der Waals surface area contributed by atoms with Crippen molar-refractivity contribution < 1.29 is 4.92 Å². The average Bonchev–Trinajstić information content (AvgIpc) is 2.49. The van der Waals surface area contributed by atoms with Gasteiger partial charge in [-0.05, 0) is 36.6 Å². The number of anilines is 1. The van der Waals surface area contributed by atoms with Gasteiger partial charge in [0, 0.05) is 18.3 Å². The number of hydrogen-bond donors (Lipinski definition) is 1. The molecule has 0 unspecified atom stereocenters. The van der Waals surface area contributed by atoms with Gasteiger partial charge in [0.1, 0.15) is 11.6 Å². The maximum absolute atomic E-state index is 10.9. The Kier molecular flexibility index (Phi) is 4.52. The second-order valence-electron chi connectivity index (χ2n) is 4.70. The van der Waals surface area contributed by atoms with E-state index in [0.29, 0.717) is 12.2 Å². The zero-order valence-corrected chi connectivity index (χ0v) is 11.7. The van der Waals surface area contributed by atoms with Crippen molar-refractivity contribution in [3.63, 3.8) is 0 Å². The highest BCUT2D eigenvalue weighted by atomic mass is 16.6. The van der Waals surface area contributed by atoms with Crippen LogP contribution in [0.1, 0.15) is 16.7 Å². The lowest BCUT2D eigenvalue weighted by atomic mass is 10.1. The summed E-state index contributed by atoms with van der Waals surface area (Å²) in [5, 5.41) is 22.9. The molecule has 2 aromatic carbocycles. The first-order valence-corrected chi connectivity index (χ1v) is 6.58. The quantitative estimate of drug-likeness (QED) is 0.672. The third-order valence-corrected chi connectivity index (χ3v) is 3.30. The van der Waals surface area contributed by atoms with Crippen LogP contribution >= 0.6 is 0 Å². The highest BCUT2D eigenvalue weighted by Gasteiger charge is 2.13. The number of rotatable bonds is 5. The fraction of sp³-hybridized carbons (Fsp3) is 0.188. The molecule has 0 spiro atoms. The molecule has 5 nitrogen and oxygen atoms in total. The van der Waals surface area contributed by atoms with Gasteiger partial charge >= 0.3 is 0 Å². The normalized spacial score (nSPS) is 9.90. The summed E-state index contributed by atoms with van der Waals surface area (Å²) in [5.74, 6) is 0. The van der Waals surface area contributed by atoms with Crippen molar-refractivity contribution in [2.45, 2.75) is 13.3 Å². The standard InChI is InChI=1S/C16H15N3O2/c1-12-4-2-3-5-13(12)8-9-18-15-7-6-14(11-17)16(10-15)19(20)21/h2-7,10,18H,8-9H2,1H3. The molecule has 0 fully saturated rings. The SMILES string of the molecule is Cc1ccccc1CCNc1ccc(C#N)c([N+](=O)[O-])c1. The molecule has 0 amide bonds. The lowest BCUT2D eigenvalue weighted by molar-refractivity contribution is -0.385. The van der Waals surface area contributed by atoms with Crippen LogP contribution in [0.15, 0.2) is 42.5 Å². The molecule has 106 valence electrons. The molecule has 0 heterocycles. The third kappa shape index (κ3) is 3.57. The van der Waals surface area contributed by atoms with E-state index in [4.69, 9.17) is 5.26 Å². The van der Waals surface area contributed by atoms with E-state index >= 15 is 0 Å². The number of nitro benzene ring substituents is 1. The van der Waals surface area contributed by atoms with Crippen LogP contribution in [0.5, 0.6) is 0 Å². The minimum atomic E-state index is -0.537. The highest BCUT2D eigenvalue weighted by Crippen LogP contribution is 2.22. The molecule has 0 aliphatic carbocycles. The van der Waals surface area contributed by atoms with E-state index < -0.39 is 4.92 Å². The summed E-state index contributed by atoms with van der Waals surface area (Å²) in [6, 6.07) is 14.5. The average molecular weight is 281 g/mol. The summed E-state index contributed by atoms with van der Waals surface area (Å²) in [5.41, 5.74) is 3.02. The molecule has 0 atom stereocenters. The van der Waals surface area contributed by atoms with Crippen LogP contribution in [-0.2, 0) is 6.42 Å². The van der Waals surface area contributed by atoms with Crippen molar-refractivity contribution >= 4 is 11.4 Å². The number of hydrogen-bond acceptors (Lipinski definition) is 4. The fourth-order valence-electron chi connectivity index (χ4n) is 2.12. The minimum Gasteiger partial charge on any atom is -0.385 e. The molecule has 21 heavy (non-hydrogen) atoms. The Balaban J connectivity index is 2.04. The number of nitro groups is 1. The van der Waals surface area contributed by atoms with Crippen molar-refractivity contribution in [2.75, 3.05) is 11.9 Å². The fourth-order valence-corrected chi connectivity index (χ4v) is 2.12. The van der Waals surface area contributed by atoms with Gasteiger partial charge in [-0.25, -0.2) is 0 Å². The largest absolute Gasteiger partial charge is 0.385 e. The van der Waals surface area contributed by atoms with Gasteiger partial charge in [-0.3, -0.25) is 10.1 Å². The maximum atomic E-state index is 10.9. The van der Waals surface area contributed by atoms with E-state index in [1.807, 2.05) is 18.2 Å². The van der Waals surface area contributed by atoms with Crippen LogP contribution < -0.4 is 5.32 Å². The van der Waals surface area contributed by atoms with Crippen molar-refractivity contribution in [3.8, 4) is 6.07 Å². The number of nitrogens with one attached hydrogen (secondary N) is 1. The van der Waals surface area contributed by atoms with E-state index in [1.54, 1.807) is 6.07 Å². The van der Waals surface area contributed by atoms with Crippen LogP contribution in [0.4, 0.5) is 11.4 Å². The summed E-state index contributed by atoms with van der Waals surface area (Å²) in [6.45, 7) is 2.73. The Bertz CT molecular complexity index is 705. The second kappa shape index (κ2) is 6.53. The van der Waals surface area contributed by atoms with E-state index in [-0.39, 0.29) is 11.3 Å². The van der Waals surface area contributed by atoms with E-state index in [2.05, 4.69) is 24.4 Å². The molecular formula is C16H15N3O2. The highest BCUT2D eigenvalue weighted by molar-refractivity contribution is 5.59. The molecule has 2 aromatic rings. The number of nitrogens with zero attached hydrogens (tertiary/aromatic N) is 2. The monoisotopic (exact) mass is 281 g/mol. The van der Waals surface area contributed by atoms with Crippen LogP contribution in [0, 0.1) is 28.4 Å². The molecule has 5 heteroatoms. The lowest BCUT2D eigenvalue weighted by Gasteiger charge is -2.08. The molecular weight excluding hydrogens is 266 g/mol. The van der Waals surface area contributed by atoms with Crippen molar-refractivity contribution in [3.05, 3.63) is 69.3 Å². The Morgan fingerprint density at radius 1 is 1.29 bits per heavy atom. The molecule has 1 N–H and O–H groups in total. The van der Waals surface area contributed by atoms with Gasteiger partial charge in [-0.2, -0.15) is 5.26 Å². The number of aryl methyl sites for hydroxylation is 1. The van der Waals surface area contributed by atoms with E-state index in [0.717, 1.165) is 6.42 Å². The smallest absolute Gasteiger partial charge is 0.289 e. The van der Waals surface area contributed by atoms with Gasteiger partial charge in [0.15, 0.2) is 0 Å². The van der Waals surface area contributed by atoms with Gasteiger partial charge in [-0.15, -0.1) is 0 Å². The molecule has 0 aromatic heterocycles. The molecule has 0 radical (unpaired) electrons. The van der Waals surface area contributed by atoms with Crippen LogP contribution in [0.25, 0.3) is 0 Å². The molecule has 0 bridgehead atoms. The van der Waals surface area contributed by atoms with Crippen molar-refractivity contribution in [1.82, 2.24) is 0 Å². The van der Waals surface area contributed by atoms with E-state index in [9.17, 15) is 10.1 Å². The zero-order valence-electron chi connectivity index (χ0n) is 11.7. The lowest BCUT2D eigenvalue weighted by Crippen LogP contribution is -2.06. The number of benzene rings is 2. The van der Waals surface area contributed by atoms with Gasteiger partial charge in [0.05, 0.1) is 4.92 Å². The first kappa shape index (κ1) is 14.5. The molecule has 0 saturated heterocycles. The minimum absolute atomic E-state index is 0.0736. The van der Waals surface area contributed by atoms with Crippen molar-refractivity contribution in [2.24, 2.45) is 0 Å². The topological polar surface area (TPSA) is 79.0 Å². The summed E-state index contributed by atoms with van der Waals surface area (Å²) in [6.07, 6.45) is 0.834. The predicted octanol–water partition coefficient (Wildman–Crippen LogP) is 3.43. The molecule has 0 aliphatic rings. The first-order chi connectivity index (χ1) is 10.1. The molecule has 2 rings (SSSR count). The molecule has 0 saturated carbocycles. The summed E-state index contributed by atoms with van der Waals surface area (Å²) < 4.78 is 0. The summed E-state index contributed by atoms with van der Waals surface area (Å²) >= 11 is 0. The van der Waals surface area contributed by atoms with Crippen LogP contribution in [-0.4, -0.2) is 11.5 Å². The van der Waals surface area contributed by atoms with Crippen LogP contribution in [0.3, 0.4) is 0 Å². The first-order valence-electron chi connectivity index (χ1n) is 6.58. The maximum Gasteiger partial charge on any atom is 0.289 e. The van der Waals surface area contributed by atoms with Gasteiger partial charge in [0.25, 0.3) is 5.69 Å². The number of nitriles is 1. The Morgan fingerprint density at radius 3 is 2.71 bits per heavy atom. The zero-order chi connectivity index (χ0) is 15.2. The summed E-state index contributed by atoms with van der Waals surface area (Å²) in [4.78, 5) is 10.4. The molecule has 0 aliphatic heterocycles. The third-order valence-electron chi connectivity index (χ3n) is 3.30.